The van der Waals surface area contributed by atoms with Gasteiger partial charge in [0, 0.05) is 27.7 Å². The van der Waals surface area contributed by atoms with E-state index in [4.69, 9.17) is 33.5 Å². The van der Waals surface area contributed by atoms with Crippen molar-refractivity contribution < 1.29 is 52.7 Å². The zero-order valence-corrected chi connectivity index (χ0v) is 17.5. The molecule has 0 saturated carbocycles. The Bertz CT molecular complexity index is 597. The van der Waals surface area contributed by atoms with Crippen molar-refractivity contribution >= 4 is 23.8 Å². The van der Waals surface area contributed by atoms with Gasteiger partial charge in [0.2, 0.25) is 5.91 Å². The summed E-state index contributed by atoms with van der Waals surface area (Å²) in [6.45, 7) is 4.55. The number of amides is 1. The molecule has 0 aromatic rings. The van der Waals surface area contributed by atoms with Gasteiger partial charge < -0.3 is 38.8 Å². The Morgan fingerprint density at radius 3 is 2.07 bits per heavy atom. The molecule has 0 radical (unpaired) electrons. The molecule has 0 aromatic heterocycles. The molecular weight excluding hydrogens is 406 g/mol. The maximum absolute atomic E-state index is 11.7. The summed E-state index contributed by atoms with van der Waals surface area (Å²) in [5, 5.41) is 11.3. The molecule has 1 saturated heterocycles. The van der Waals surface area contributed by atoms with Gasteiger partial charge in [-0.15, -0.1) is 0 Å². The van der Waals surface area contributed by atoms with Gasteiger partial charge in [0.25, 0.3) is 0 Å². The third kappa shape index (κ3) is 9.03. The third-order valence-corrected chi connectivity index (χ3v) is 3.82. The molecule has 0 bridgehead atoms. The fourth-order valence-corrected chi connectivity index (χ4v) is 2.82. The summed E-state index contributed by atoms with van der Waals surface area (Å²) >= 11 is 0. The van der Waals surface area contributed by atoms with Crippen molar-refractivity contribution in [2.24, 2.45) is 0 Å². The molecule has 30 heavy (non-hydrogen) atoms. The van der Waals surface area contributed by atoms with Gasteiger partial charge in [-0.2, -0.15) is 0 Å². The van der Waals surface area contributed by atoms with Crippen LogP contribution in [0.1, 0.15) is 27.7 Å². The summed E-state index contributed by atoms with van der Waals surface area (Å²) in [5.41, 5.74) is 0. The standard InChI is InChI=1S/C18H29NO11/c1-10(21)19-15-17(29-13(4)24)16(28-12(3)23)14(9-27-11(2)22)30-18(15)26-8-7-25-6-5-20/h14-18,20H,5-9H2,1-4H3,(H,19,21)/t14-,15-,16+,17-,18-/m1/s1. The van der Waals surface area contributed by atoms with Gasteiger partial charge in [0.15, 0.2) is 18.5 Å². The molecule has 1 amide bonds. The Kier molecular flexibility index (Phi) is 11.3. The second kappa shape index (κ2) is 13.1. The Morgan fingerprint density at radius 2 is 1.53 bits per heavy atom. The maximum Gasteiger partial charge on any atom is 0.303 e. The highest BCUT2D eigenvalue weighted by Crippen LogP contribution is 2.28. The summed E-state index contributed by atoms with van der Waals surface area (Å²) in [6, 6.07) is -1.03. The van der Waals surface area contributed by atoms with Crippen LogP contribution in [-0.2, 0) is 47.6 Å². The quantitative estimate of drug-likeness (QED) is 0.225. The Balaban J connectivity index is 3.13. The number of hydrogen-bond donors (Lipinski definition) is 2. The molecule has 12 nitrogen and oxygen atoms in total. The molecule has 0 aliphatic carbocycles. The number of rotatable bonds is 11. The molecule has 1 rings (SSSR count). The van der Waals surface area contributed by atoms with Crippen molar-refractivity contribution in [1.29, 1.82) is 0 Å². The molecule has 0 spiro atoms. The second-order valence-corrected chi connectivity index (χ2v) is 6.43. The first kappa shape index (κ1) is 25.8. The molecule has 5 atom stereocenters. The molecule has 1 aliphatic rings. The molecule has 1 heterocycles. The van der Waals surface area contributed by atoms with E-state index in [0.29, 0.717) is 0 Å². The van der Waals surface area contributed by atoms with Crippen LogP contribution in [0.3, 0.4) is 0 Å². The van der Waals surface area contributed by atoms with Crippen LogP contribution in [0.25, 0.3) is 0 Å². The highest BCUT2D eigenvalue weighted by molar-refractivity contribution is 5.73. The van der Waals surface area contributed by atoms with Crippen molar-refractivity contribution in [3.63, 3.8) is 0 Å². The van der Waals surface area contributed by atoms with E-state index in [1.54, 1.807) is 0 Å². The lowest BCUT2D eigenvalue weighted by Crippen LogP contribution is -2.66. The van der Waals surface area contributed by atoms with Crippen LogP contribution in [0.5, 0.6) is 0 Å². The van der Waals surface area contributed by atoms with Gasteiger partial charge in [0.05, 0.1) is 26.4 Å². The van der Waals surface area contributed by atoms with Crippen LogP contribution in [-0.4, -0.2) is 92.6 Å². The smallest absolute Gasteiger partial charge is 0.303 e. The van der Waals surface area contributed by atoms with E-state index in [1.165, 1.54) is 13.8 Å². The molecule has 0 unspecified atom stereocenters. The lowest BCUT2D eigenvalue weighted by atomic mass is 9.96. The number of esters is 3. The number of carbonyl (C=O) groups excluding carboxylic acids is 4. The van der Waals surface area contributed by atoms with E-state index < -0.39 is 54.5 Å². The van der Waals surface area contributed by atoms with E-state index in [9.17, 15) is 19.2 Å². The van der Waals surface area contributed by atoms with E-state index >= 15 is 0 Å². The van der Waals surface area contributed by atoms with E-state index in [1.807, 2.05) is 0 Å². The zero-order chi connectivity index (χ0) is 22.7. The van der Waals surface area contributed by atoms with Crippen LogP contribution in [0.2, 0.25) is 0 Å². The van der Waals surface area contributed by atoms with Crippen molar-refractivity contribution in [3.8, 4) is 0 Å². The molecular formula is C18H29NO11. The number of aliphatic hydroxyl groups excluding tert-OH is 1. The van der Waals surface area contributed by atoms with Crippen molar-refractivity contribution in [2.75, 3.05) is 33.0 Å². The van der Waals surface area contributed by atoms with E-state index in [0.717, 1.165) is 13.8 Å². The first-order chi connectivity index (χ1) is 14.1. The monoisotopic (exact) mass is 435 g/mol. The maximum atomic E-state index is 11.7. The van der Waals surface area contributed by atoms with Gasteiger partial charge in [-0.25, -0.2) is 0 Å². The second-order valence-electron chi connectivity index (χ2n) is 6.43. The topological polar surface area (TPSA) is 156 Å². The van der Waals surface area contributed by atoms with Crippen LogP contribution in [0.15, 0.2) is 0 Å². The average molecular weight is 435 g/mol. The lowest BCUT2D eigenvalue weighted by Gasteiger charge is -2.44. The Hall–Kier alpha value is -2.28. The fraction of sp³-hybridized carbons (Fsp3) is 0.778. The summed E-state index contributed by atoms with van der Waals surface area (Å²) in [4.78, 5) is 46.3. The van der Waals surface area contributed by atoms with Gasteiger partial charge in [0.1, 0.15) is 18.8 Å². The van der Waals surface area contributed by atoms with Crippen LogP contribution in [0.4, 0.5) is 0 Å². The molecule has 0 aromatic carbocycles. The molecule has 12 heteroatoms. The molecule has 2 N–H and O–H groups in total. The first-order valence-corrected chi connectivity index (χ1v) is 9.36. The minimum Gasteiger partial charge on any atom is -0.463 e. The summed E-state index contributed by atoms with van der Waals surface area (Å²) in [6.07, 6.45) is -4.51. The predicted molar refractivity (Wildman–Crippen MR) is 97.9 cm³/mol. The SMILES string of the molecule is CC(=O)N[C@H]1[C@H](OCCOCCO)O[C@H](COC(C)=O)[C@H](OC(C)=O)[C@@H]1OC(C)=O. The molecule has 1 aliphatic heterocycles. The van der Waals surface area contributed by atoms with Crippen LogP contribution >= 0.6 is 0 Å². The van der Waals surface area contributed by atoms with Gasteiger partial charge in [-0.05, 0) is 0 Å². The summed E-state index contributed by atoms with van der Waals surface area (Å²) < 4.78 is 32.1. The Morgan fingerprint density at radius 1 is 0.900 bits per heavy atom. The summed E-state index contributed by atoms with van der Waals surface area (Å²) in [5.74, 6) is -2.44. The Labute approximate surface area is 174 Å². The van der Waals surface area contributed by atoms with Crippen LogP contribution in [0, 0.1) is 0 Å². The van der Waals surface area contributed by atoms with E-state index in [2.05, 4.69) is 5.32 Å². The fourth-order valence-electron chi connectivity index (χ4n) is 2.82. The summed E-state index contributed by atoms with van der Waals surface area (Å²) in [7, 11) is 0. The van der Waals surface area contributed by atoms with Crippen molar-refractivity contribution in [3.05, 3.63) is 0 Å². The minimum absolute atomic E-state index is 0.0199. The lowest BCUT2D eigenvalue weighted by molar-refractivity contribution is -0.279. The zero-order valence-electron chi connectivity index (χ0n) is 17.5. The minimum atomic E-state index is -1.17. The number of aliphatic hydroxyl groups is 1. The van der Waals surface area contributed by atoms with Gasteiger partial charge in [-0.3, -0.25) is 19.2 Å². The average Bonchev–Trinajstić information content (AvgIpc) is 2.63. The van der Waals surface area contributed by atoms with Crippen molar-refractivity contribution in [1.82, 2.24) is 5.32 Å². The highest BCUT2D eigenvalue weighted by atomic mass is 16.7. The first-order valence-electron chi connectivity index (χ1n) is 9.36. The number of ether oxygens (including phenoxy) is 6. The highest BCUT2D eigenvalue weighted by Gasteiger charge is 2.51. The van der Waals surface area contributed by atoms with Gasteiger partial charge in [-0.1, -0.05) is 0 Å². The van der Waals surface area contributed by atoms with E-state index in [-0.39, 0.29) is 33.0 Å². The van der Waals surface area contributed by atoms with Gasteiger partial charge >= 0.3 is 17.9 Å². The third-order valence-electron chi connectivity index (χ3n) is 3.82. The normalized spacial score (nSPS) is 25.8. The van der Waals surface area contributed by atoms with Crippen LogP contribution < -0.4 is 5.32 Å². The largest absolute Gasteiger partial charge is 0.463 e. The molecule has 172 valence electrons. The van der Waals surface area contributed by atoms with Crippen molar-refractivity contribution in [2.45, 2.75) is 58.3 Å². The molecule has 1 fully saturated rings. The number of hydrogen-bond acceptors (Lipinski definition) is 11. The number of nitrogens with one attached hydrogen (secondary N) is 1. The number of carbonyl (C=O) groups is 4. The predicted octanol–water partition coefficient (Wildman–Crippen LogP) is -1.33.